The number of aromatic hydroxyl groups is 1. The molecule has 2 aromatic rings. The van der Waals surface area contributed by atoms with Gasteiger partial charge in [0.2, 0.25) is 5.76 Å². The number of carboxylic acids is 2. The van der Waals surface area contributed by atoms with Crippen molar-refractivity contribution in [2.45, 2.75) is 6.92 Å². The van der Waals surface area contributed by atoms with Crippen LogP contribution in [0.1, 0.15) is 26.5 Å². The number of methoxy groups -OCH3 is 1. The van der Waals surface area contributed by atoms with E-state index in [0.717, 1.165) is 12.1 Å². The molecule has 0 bridgehead atoms. The Morgan fingerprint density at radius 3 is 2.30 bits per heavy atom. The molecule has 0 radical (unpaired) electrons. The highest BCUT2D eigenvalue weighted by molar-refractivity contribution is 6.03. The lowest BCUT2D eigenvalue weighted by Crippen LogP contribution is -2.11. The summed E-state index contributed by atoms with van der Waals surface area (Å²) in [5.41, 5.74) is -1.47. The monoisotopic (exact) mass is 320 g/mol. The third kappa shape index (κ3) is 2.86. The van der Waals surface area contributed by atoms with Crippen molar-refractivity contribution >= 4 is 11.9 Å². The van der Waals surface area contributed by atoms with E-state index in [1.165, 1.54) is 20.1 Å². The van der Waals surface area contributed by atoms with Gasteiger partial charge in [-0.15, -0.1) is 0 Å². The Morgan fingerprint density at radius 1 is 1.13 bits per heavy atom. The molecule has 1 aromatic carbocycles. The maximum absolute atomic E-state index is 11.4. The average molecular weight is 320 g/mol. The lowest BCUT2D eigenvalue weighted by molar-refractivity contribution is 0.0653. The van der Waals surface area contributed by atoms with Crippen LogP contribution in [0.4, 0.5) is 0 Å². The molecule has 0 amide bonds. The van der Waals surface area contributed by atoms with Crippen molar-refractivity contribution in [3.8, 4) is 22.6 Å². The van der Waals surface area contributed by atoms with Gasteiger partial charge in [-0.3, -0.25) is 0 Å². The Morgan fingerprint density at radius 2 is 1.78 bits per heavy atom. The van der Waals surface area contributed by atoms with E-state index < -0.39 is 34.6 Å². The lowest BCUT2D eigenvalue weighted by Gasteiger charge is -2.14. The van der Waals surface area contributed by atoms with Gasteiger partial charge in [-0.1, -0.05) is 0 Å². The van der Waals surface area contributed by atoms with Crippen LogP contribution in [0.2, 0.25) is 0 Å². The van der Waals surface area contributed by atoms with E-state index in [4.69, 9.17) is 4.74 Å². The minimum Gasteiger partial charge on any atom is -0.507 e. The molecule has 0 saturated heterocycles. The Balaban J connectivity index is 2.97. The SMILES string of the molecule is COc1cc(O)c(C(=O)O)c(-c2c(C)cc(=O)oc2C(=O)O)c1. The molecule has 0 unspecified atom stereocenters. The summed E-state index contributed by atoms with van der Waals surface area (Å²) in [4.78, 5) is 34.2. The minimum absolute atomic E-state index is 0.115. The number of hydrogen-bond acceptors (Lipinski definition) is 6. The van der Waals surface area contributed by atoms with Crippen molar-refractivity contribution in [2.75, 3.05) is 7.11 Å². The van der Waals surface area contributed by atoms with Gasteiger partial charge in [0, 0.05) is 23.3 Å². The second kappa shape index (κ2) is 5.84. The molecule has 0 atom stereocenters. The highest BCUT2D eigenvalue weighted by Crippen LogP contribution is 2.37. The average Bonchev–Trinajstić information content (AvgIpc) is 2.44. The maximum atomic E-state index is 11.4. The van der Waals surface area contributed by atoms with E-state index in [0.29, 0.717) is 0 Å². The molecule has 1 heterocycles. The maximum Gasteiger partial charge on any atom is 0.372 e. The van der Waals surface area contributed by atoms with Gasteiger partial charge in [-0.25, -0.2) is 14.4 Å². The van der Waals surface area contributed by atoms with E-state index in [2.05, 4.69) is 4.42 Å². The van der Waals surface area contributed by atoms with Crippen molar-refractivity contribution in [3.05, 3.63) is 45.5 Å². The minimum atomic E-state index is -1.54. The summed E-state index contributed by atoms with van der Waals surface area (Å²) in [6.07, 6.45) is 0. The van der Waals surface area contributed by atoms with Crippen LogP contribution in [0.25, 0.3) is 11.1 Å². The first-order chi connectivity index (χ1) is 10.8. The van der Waals surface area contributed by atoms with Crippen molar-refractivity contribution in [1.29, 1.82) is 0 Å². The molecule has 23 heavy (non-hydrogen) atoms. The van der Waals surface area contributed by atoms with Gasteiger partial charge in [-0.05, 0) is 18.6 Å². The van der Waals surface area contributed by atoms with Crippen molar-refractivity contribution in [2.24, 2.45) is 0 Å². The second-order valence-corrected chi connectivity index (χ2v) is 4.63. The van der Waals surface area contributed by atoms with Crippen LogP contribution in [0.15, 0.2) is 27.4 Å². The molecular formula is C15H12O8. The highest BCUT2D eigenvalue weighted by Gasteiger charge is 2.26. The predicted molar refractivity (Wildman–Crippen MR) is 77.3 cm³/mol. The number of benzene rings is 1. The number of ether oxygens (including phenoxy) is 1. The summed E-state index contributed by atoms with van der Waals surface area (Å²) in [5.74, 6) is -4.22. The predicted octanol–water partition coefficient (Wildman–Crippen LogP) is 1.73. The summed E-state index contributed by atoms with van der Waals surface area (Å²) < 4.78 is 9.65. The van der Waals surface area contributed by atoms with Gasteiger partial charge in [0.1, 0.15) is 17.1 Å². The third-order valence-corrected chi connectivity index (χ3v) is 3.16. The Bertz CT molecular complexity index is 863. The molecule has 8 heteroatoms. The molecule has 0 aliphatic heterocycles. The third-order valence-electron chi connectivity index (χ3n) is 3.16. The quantitative estimate of drug-likeness (QED) is 0.775. The standard InChI is InChI=1S/C15H12O8/c1-6-3-10(17)23-13(15(20)21)11(6)8-4-7(22-2)5-9(16)12(8)14(18)19/h3-5,16H,1-2H3,(H,18,19)(H,20,21). The number of phenols is 1. The fraction of sp³-hybridized carbons (Fsp3) is 0.133. The van der Waals surface area contributed by atoms with E-state index >= 15 is 0 Å². The molecule has 0 spiro atoms. The largest absolute Gasteiger partial charge is 0.507 e. The van der Waals surface area contributed by atoms with Gasteiger partial charge in [0.05, 0.1) is 7.11 Å². The first-order valence-corrected chi connectivity index (χ1v) is 6.29. The van der Waals surface area contributed by atoms with Crippen molar-refractivity contribution < 1.29 is 34.1 Å². The number of rotatable bonds is 4. The Labute approximate surface area is 129 Å². The second-order valence-electron chi connectivity index (χ2n) is 4.63. The lowest BCUT2D eigenvalue weighted by atomic mass is 9.94. The molecule has 120 valence electrons. The van der Waals surface area contributed by atoms with E-state index in [-0.39, 0.29) is 22.4 Å². The molecule has 0 saturated carbocycles. The normalized spacial score (nSPS) is 10.3. The highest BCUT2D eigenvalue weighted by atomic mass is 16.5. The van der Waals surface area contributed by atoms with Crippen LogP contribution >= 0.6 is 0 Å². The first-order valence-electron chi connectivity index (χ1n) is 6.29. The first kappa shape index (κ1) is 16.1. The smallest absolute Gasteiger partial charge is 0.372 e. The molecule has 0 aliphatic carbocycles. The van der Waals surface area contributed by atoms with Gasteiger partial charge in [0.15, 0.2) is 0 Å². The molecular weight excluding hydrogens is 308 g/mol. The zero-order chi connectivity index (χ0) is 17.3. The molecule has 8 nitrogen and oxygen atoms in total. The summed E-state index contributed by atoms with van der Waals surface area (Å²) >= 11 is 0. The van der Waals surface area contributed by atoms with Crippen LogP contribution in [-0.2, 0) is 0 Å². The van der Waals surface area contributed by atoms with E-state index in [9.17, 15) is 29.7 Å². The van der Waals surface area contributed by atoms with Gasteiger partial charge in [0.25, 0.3) is 0 Å². The number of hydrogen-bond donors (Lipinski definition) is 3. The molecule has 1 aromatic heterocycles. The van der Waals surface area contributed by atoms with E-state index in [1.54, 1.807) is 0 Å². The topological polar surface area (TPSA) is 134 Å². The van der Waals surface area contributed by atoms with Crippen LogP contribution in [0, 0.1) is 6.92 Å². The summed E-state index contributed by atoms with van der Waals surface area (Å²) in [6, 6.07) is 3.36. The van der Waals surface area contributed by atoms with Gasteiger partial charge >= 0.3 is 17.6 Å². The molecule has 3 N–H and O–H groups in total. The number of aryl methyl sites for hydroxylation is 1. The number of carbonyl (C=O) groups is 2. The van der Waals surface area contributed by atoms with Gasteiger partial charge < -0.3 is 24.5 Å². The number of aromatic carboxylic acids is 2. The Hall–Kier alpha value is -3.29. The molecule has 2 rings (SSSR count). The molecule has 0 fully saturated rings. The van der Waals surface area contributed by atoms with Crippen molar-refractivity contribution in [3.63, 3.8) is 0 Å². The Kier molecular flexibility index (Phi) is 4.08. The van der Waals surface area contributed by atoms with Crippen LogP contribution in [0.3, 0.4) is 0 Å². The van der Waals surface area contributed by atoms with Crippen LogP contribution < -0.4 is 10.4 Å². The van der Waals surface area contributed by atoms with Crippen LogP contribution in [0.5, 0.6) is 11.5 Å². The fourth-order valence-electron chi connectivity index (χ4n) is 2.24. The van der Waals surface area contributed by atoms with Crippen LogP contribution in [-0.4, -0.2) is 34.4 Å². The van der Waals surface area contributed by atoms with Crippen molar-refractivity contribution in [1.82, 2.24) is 0 Å². The zero-order valence-corrected chi connectivity index (χ0v) is 12.1. The summed E-state index contributed by atoms with van der Waals surface area (Å²) in [5, 5.41) is 28.4. The van der Waals surface area contributed by atoms with Gasteiger partial charge in [-0.2, -0.15) is 0 Å². The summed E-state index contributed by atoms with van der Waals surface area (Å²) in [7, 11) is 1.30. The van der Waals surface area contributed by atoms with E-state index in [1.807, 2.05) is 0 Å². The zero-order valence-electron chi connectivity index (χ0n) is 12.1. The number of carboxylic acid groups (broad SMARTS) is 2. The summed E-state index contributed by atoms with van der Waals surface area (Å²) in [6.45, 7) is 1.43. The molecule has 0 aliphatic rings. The fourth-order valence-corrected chi connectivity index (χ4v) is 2.24.